The quantitative estimate of drug-likeness (QED) is 0.735. The lowest BCUT2D eigenvalue weighted by molar-refractivity contribution is -0.118. The van der Waals surface area contributed by atoms with E-state index >= 15 is 0 Å². The molecule has 1 unspecified atom stereocenters. The van der Waals surface area contributed by atoms with Gasteiger partial charge in [-0.1, -0.05) is 17.3 Å². The van der Waals surface area contributed by atoms with Crippen LogP contribution in [0, 0.1) is 13.8 Å². The lowest BCUT2D eigenvalue weighted by Crippen LogP contribution is -2.28. The van der Waals surface area contributed by atoms with Gasteiger partial charge < -0.3 is 19.9 Å². The molecule has 0 bridgehead atoms. The van der Waals surface area contributed by atoms with E-state index in [2.05, 4.69) is 15.8 Å². The summed E-state index contributed by atoms with van der Waals surface area (Å²) in [5.41, 5.74) is 2.00. The molecule has 0 fully saturated rings. The zero-order chi connectivity index (χ0) is 19.1. The number of ether oxygens (including phenoxy) is 1. The van der Waals surface area contributed by atoms with Crippen molar-refractivity contribution in [1.82, 2.24) is 10.5 Å². The predicted octanol–water partition coefficient (Wildman–Crippen LogP) is 2.68. The summed E-state index contributed by atoms with van der Waals surface area (Å²) in [7, 11) is 1.62. The number of methoxy groups -OCH3 is 1. The molecule has 7 nitrogen and oxygen atoms in total. The lowest BCUT2D eigenvalue weighted by atomic mass is 10.1. The van der Waals surface area contributed by atoms with Gasteiger partial charge in [-0.3, -0.25) is 9.59 Å². The van der Waals surface area contributed by atoms with Crippen molar-refractivity contribution in [3.63, 3.8) is 0 Å². The maximum atomic E-state index is 12.1. The Bertz CT molecular complexity index is 776. The third-order valence-electron chi connectivity index (χ3n) is 3.68. The first-order chi connectivity index (χ1) is 12.4. The second kappa shape index (κ2) is 9.28. The average molecular weight is 377 g/mol. The van der Waals surface area contributed by atoms with Crippen molar-refractivity contribution in [3.05, 3.63) is 41.2 Å². The van der Waals surface area contributed by atoms with Crippen LogP contribution in [-0.2, 0) is 16.1 Å². The van der Waals surface area contributed by atoms with Gasteiger partial charge in [-0.15, -0.1) is 11.8 Å². The Labute approximate surface area is 156 Å². The molecule has 1 heterocycles. The summed E-state index contributed by atoms with van der Waals surface area (Å²) in [5.74, 6) is 1.62. The minimum Gasteiger partial charge on any atom is -0.496 e. The first kappa shape index (κ1) is 19.8. The highest BCUT2D eigenvalue weighted by Gasteiger charge is 2.16. The minimum absolute atomic E-state index is 0.133. The van der Waals surface area contributed by atoms with Gasteiger partial charge in [0.2, 0.25) is 11.8 Å². The Morgan fingerprint density at radius 3 is 2.73 bits per heavy atom. The maximum Gasteiger partial charge on any atom is 0.238 e. The number of rotatable bonds is 8. The van der Waals surface area contributed by atoms with Crippen molar-refractivity contribution in [3.8, 4) is 5.75 Å². The van der Waals surface area contributed by atoms with Crippen LogP contribution in [0.15, 0.2) is 28.8 Å². The number of nitrogens with one attached hydrogen (secondary N) is 2. The largest absolute Gasteiger partial charge is 0.496 e. The highest BCUT2D eigenvalue weighted by molar-refractivity contribution is 8.01. The number of hydrogen-bond acceptors (Lipinski definition) is 6. The number of hydrogen-bond donors (Lipinski definition) is 2. The summed E-state index contributed by atoms with van der Waals surface area (Å²) in [6, 6.07) is 7.44. The van der Waals surface area contributed by atoms with Gasteiger partial charge in [0.25, 0.3) is 0 Å². The maximum absolute atomic E-state index is 12.1. The molecule has 2 amide bonds. The van der Waals surface area contributed by atoms with Crippen molar-refractivity contribution in [2.24, 2.45) is 0 Å². The smallest absolute Gasteiger partial charge is 0.238 e. The highest BCUT2D eigenvalue weighted by Crippen LogP contribution is 2.19. The Hall–Kier alpha value is -2.48. The molecule has 8 heteroatoms. The van der Waals surface area contributed by atoms with Gasteiger partial charge in [0.05, 0.1) is 18.1 Å². The third-order valence-corrected chi connectivity index (χ3v) is 4.82. The molecule has 1 aromatic heterocycles. The van der Waals surface area contributed by atoms with E-state index in [1.807, 2.05) is 25.1 Å². The van der Waals surface area contributed by atoms with Gasteiger partial charge in [-0.2, -0.15) is 0 Å². The predicted molar refractivity (Wildman–Crippen MR) is 101 cm³/mol. The molecular weight excluding hydrogens is 354 g/mol. The number of carbonyl (C=O) groups is 2. The Morgan fingerprint density at radius 2 is 2.08 bits per heavy atom. The zero-order valence-electron chi connectivity index (χ0n) is 15.3. The number of anilines is 1. The number of amides is 2. The fourth-order valence-electron chi connectivity index (χ4n) is 2.16. The number of carbonyl (C=O) groups excluding carboxylic acids is 2. The van der Waals surface area contributed by atoms with Crippen LogP contribution in [0.25, 0.3) is 0 Å². The van der Waals surface area contributed by atoms with Crippen LogP contribution < -0.4 is 15.4 Å². The van der Waals surface area contributed by atoms with E-state index in [1.165, 1.54) is 11.8 Å². The van der Waals surface area contributed by atoms with Crippen molar-refractivity contribution >= 4 is 29.4 Å². The zero-order valence-corrected chi connectivity index (χ0v) is 16.1. The summed E-state index contributed by atoms with van der Waals surface area (Å²) >= 11 is 1.26. The van der Waals surface area contributed by atoms with E-state index in [0.29, 0.717) is 18.1 Å². The molecule has 0 aliphatic carbocycles. The van der Waals surface area contributed by atoms with Crippen LogP contribution in [-0.4, -0.2) is 35.1 Å². The number of aromatic nitrogens is 1. The number of aryl methyl sites for hydroxylation is 2. The van der Waals surface area contributed by atoms with Gasteiger partial charge >= 0.3 is 0 Å². The first-order valence-corrected chi connectivity index (χ1v) is 9.20. The van der Waals surface area contributed by atoms with E-state index in [0.717, 1.165) is 16.9 Å². The van der Waals surface area contributed by atoms with Crippen LogP contribution in [0.5, 0.6) is 5.75 Å². The van der Waals surface area contributed by atoms with Crippen molar-refractivity contribution in [2.75, 3.05) is 18.2 Å². The van der Waals surface area contributed by atoms with Crippen LogP contribution in [0.4, 0.5) is 5.82 Å². The summed E-state index contributed by atoms with van der Waals surface area (Å²) in [5, 5.41) is 8.81. The standard InChI is InChI=1S/C18H23N3O4S/c1-11-5-6-14(8-15(11)24-4)9-19-17(22)10-26-13(3)18(23)20-16-7-12(2)25-21-16/h5-8,13H,9-10H2,1-4H3,(H,19,22)(H,20,21,23). The highest BCUT2D eigenvalue weighted by atomic mass is 32.2. The summed E-state index contributed by atoms with van der Waals surface area (Å²) in [4.78, 5) is 24.1. The number of thioether (sulfide) groups is 1. The fraction of sp³-hybridized carbons (Fsp3) is 0.389. The van der Waals surface area contributed by atoms with Crippen LogP contribution >= 0.6 is 11.8 Å². The molecule has 0 aliphatic heterocycles. The molecule has 140 valence electrons. The van der Waals surface area contributed by atoms with E-state index in [9.17, 15) is 9.59 Å². The SMILES string of the molecule is COc1cc(CNC(=O)CSC(C)C(=O)Nc2cc(C)on2)ccc1C. The van der Waals surface area contributed by atoms with E-state index in [4.69, 9.17) is 9.26 Å². The molecule has 1 aromatic carbocycles. The van der Waals surface area contributed by atoms with E-state index in [1.54, 1.807) is 27.0 Å². The molecule has 26 heavy (non-hydrogen) atoms. The molecule has 0 saturated heterocycles. The molecular formula is C18H23N3O4S. The minimum atomic E-state index is -0.391. The van der Waals surface area contributed by atoms with Crippen molar-refractivity contribution in [1.29, 1.82) is 0 Å². The molecule has 1 atom stereocenters. The Balaban J connectivity index is 1.74. The molecule has 2 N–H and O–H groups in total. The summed E-state index contributed by atoms with van der Waals surface area (Å²) < 4.78 is 10.2. The third kappa shape index (κ3) is 5.80. The molecule has 0 aliphatic rings. The molecule has 0 radical (unpaired) electrons. The second-order valence-corrected chi connectivity index (χ2v) is 7.18. The van der Waals surface area contributed by atoms with Gasteiger partial charge in [0, 0.05) is 12.6 Å². The van der Waals surface area contributed by atoms with Gasteiger partial charge in [0.15, 0.2) is 5.82 Å². The van der Waals surface area contributed by atoms with Crippen molar-refractivity contribution in [2.45, 2.75) is 32.6 Å². The fourth-order valence-corrected chi connectivity index (χ4v) is 2.87. The van der Waals surface area contributed by atoms with Crippen LogP contribution in [0.2, 0.25) is 0 Å². The van der Waals surface area contributed by atoms with Gasteiger partial charge in [-0.05, 0) is 38.0 Å². The van der Waals surface area contributed by atoms with Crippen LogP contribution in [0.1, 0.15) is 23.8 Å². The second-order valence-electron chi connectivity index (χ2n) is 5.85. The molecule has 0 saturated carbocycles. The summed E-state index contributed by atoms with van der Waals surface area (Å²) in [6.07, 6.45) is 0. The number of nitrogens with zero attached hydrogens (tertiary/aromatic N) is 1. The molecule has 2 rings (SSSR count). The average Bonchev–Trinajstić information content (AvgIpc) is 3.03. The van der Waals surface area contributed by atoms with Crippen LogP contribution in [0.3, 0.4) is 0 Å². The van der Waals surface area contributed by atoms with Gasteiger partial charge in [-0.25, -0.2) is 0 Å². The summed E-state index contributed by atoms with van der Waals surface area (Å²) in [6.45, 7) is 5.86. The lowest BCUT2D eigenvalue weighted by Gasteiger charge is -2.11. The Morgan fingerprint density at radius 1 is 1.31 bits per heavy atom. The van der Waals surface area contributed by atoms with Gasteiger partial charge in [0.1, 0.15) is 11.5 Å². The Kier molecular flexibility index (Phi) is 7.08. The normalized spacial score (nSPS) is 11.7. The first-order valence-electron chi connectivity index (χ1n) is 8.15. The van der Waals surface area contributed by atoms with Crippen molar-refractivity contribution < 1.29 is 18.8 Å². The topological polar surface area (TPSA) is 93.5 Å². The molecule has 0 spiro atoms. The van der Waals surface area contributed by atoms with E-state index < -0.39 is 5.25 Å². The molecule has 2 aromatic rings. The monoisotopic (exact) mass is 377 g/mol. The number of benzene rings is 1. The van der Waals surface area contributed by atoms with E-state index in [-0.39, 0.29) is 17.6 Å².